The Morgan fingerprint density at radius 1 is 1.05 bits per heavy atom. The molecule has 0 heterocycles. The monoisotopic (exact) mass is 279 g/mol. The molecule has 0 bridgehead atoms. The van der Waals surface area contributed by atoms with Crippen molar-refractivity contribution in [3.8, 4) is 0 Å². The Labute approximate surface area is 123 Å². The van der Waals surface area contributed by atoms with E-state index in [4.69, 9.17) is 0 Å². The molecule has 1 nitrogen and oxygen atoms in total. The Kier molecular flexibility index (Phi) is 8.24. The minimum Gasteiger partial charge on any atom is -0.309 e. The predicted molar refractivity (Wildman–Crippen MR) is 89.1 cm³/mol. The Balaban J connectivity index is 2.66. The maximum atomic E-state index is 3.67. The van der Waals surface area contributed by atoms with Crippen LogP contribution in [-0.4, -0.2) is 17.5 Å². The van der Waals surface area contributed by atoms with Gasteiger partial charge in [0.2, 0.25) is 0 Å². The van der Waals surface area contributed by atoms with Crippen LogP contribution in [0.3, 0.4) is 0 Å². The lowest BCUT2D eigenvalue weighted by atomic mass is 10.0. The molecule has 1 atom stereocenters. The van der Waals surface area contributed by atoms with Crippen LogP contribution in [0.5, 0.6) is 0 Å². The van der Waals surface area contributed by atoms with Crippen molar-refractivity contribution in [3.63, 3.8) is 0 Å². The van der Waals surface area contributed by atoms with E-state index in [9.17, 15) is 0 Å². The van der Waals surface area contributed by atoms with Crippen LogP contribution < -0.4 is 5.32 Å². The molecule has 1 N–H and O–H groups in total. The Morgan fingerprint density at radius 2 is 1.74 bits per heavy atom. The number of rotatable bonds is 9. The van der Waals surface area contributed by atoms with E-state index in [1.165, 1.54) is 30.4 Å². The van der Waals surface area contributed by atoms with E-state index in [1.54, 1.807) is 0 Å². The van der Waals surface area contributed by atoms with Crippen molar-refractivity contribution in [1.82, 2.24) is 5.32 Å². The van der Waals surface area contributed by atoms with Gasteiger partial charge in [0.1, 0.15) is 0 Å². The molecule has 0 aromatic heterocycles. The summed E-state index contributed by atoms with van der Waals surface area (Å²) in [5.74, 6) is 1.16. The second kappa shape index (κ2) is 9.44. The van der Waals surface area contributed by atoms with Crippen molar-refractivity contribution in [2.24, 2.45) is 0 Å². The van der Waals surface area contributed by atoms with Crippen molar-refractivity contribution in [1.29, 1.82) is 0 Å². The first-order chi connectivity index (χ1) is 9.17. The highest BCUT2D eigenvalue weighted by atomic mass is 32.2. The summed E-state index contributed by atoms with van der Waals surface area (Å²) in [5.41, 5.74) is 2.89. The third-order valence-corrected chi connectivity index (χ3v) is 4.35. The second-order valence-electron chi connectivity index (χ2n) is 5.38. The van der Waals surface area contributed by atoms with Crippen LogP contribution in [0.25, 0.3) is 0 Å². The van der Waals surface area contributed by atoms with Gasteiger partial charge < -0.3 is 5.32 Å². The summed E-state index contributed by atoms with van der Waals surface area (Å²) in [6.07, 6.45) is 3.60. The van der Waals surface area contributed by atoms with Crippen molar-refractivity contribution in [2.45, 2.75) is 58.2 Å². The smallest absolute Gasteiger partial charge is 0.0411 e. The molecule has 0 radical (unpaired) electrons. The lowest BCUT2D eigenvalue weighted by Crippen LogP contribution is -2.24. The summed E-state index contributed by atoms with van der Waals surface area (Å²) in [7, 11) is 0. The van der Waals surface area contributed by atoms with E-state index in [1.807, 2.05) is 11.8 Å². The van der Waals surface area contributed by atoms with Crippen LogP contribution in [0.2, 0.25) is 0 Å². The maximum Gasteiger partial charge on any atom is 0.0411 e. The first-order valence-corrected chi connectivity index (χ1v) is 8.66. The molecule has 1 rings (SSSR count). The highest BCUT2D eigenvalue weighted by Crippen LogP contribution is 2.22. The van der Waals surface area contributed by atoms with Gasteiger partial charge in [-0.05, 0) is 35.8 Å². The van der Waals surface area contributed by atoms with Gasteiger partial charge in [-0.15, -0.1) is 0 Å². The maximum absolute atomic E-state index is 3.67. The van der Waals surface area contributed by atoms with Gasteiger partial charge in [-0.1, -0.05) is 58.4 Å². The molecule has 0 aliphatic carbocycles. The van der Waals surface area contributed by atoms with Gasteiger partial charge in [-0.25, -0.2) is 0 Å². The summed E-state index contributed by atoms with van der Waals surface area (Å²) >= 11 is 2.04. The number of benzene rings is 1. The average molecular weight is 279 g/mol. The first-order valence-electron chi connectivity index (χ1n) is 7.61. The third-order valence-electron chi connectivity index (χ3n) is 3.16. The summed E-state index contributed by atoms with van der Waals surface area (Å²) in [6.45, 7) is 10.1. The van der Waals surface area contributed by atoms with Crippen LogP contribution in [0.1, 0.15) is 57.7 Å². The molecule has 108 valence electrons. The molecule has 2 heteroatoms. The van der Waals surface area contributed by atoms with Gasteiger partial charge in [0.15, 0.2) is 0 Å². The molecule has 0 amide bonds. The standard InChI is InChI=1S/C17H29NS/c1-5-7-15-8-10-16(11-9-15)17(18-12-6-2)13-19-14(3)4/h8-11,14,17-18H,5-7,12-13H2,1-4H3. The number of hydrogen-bond acceptors (Lipinski definition) is 2. The minimum absolute atomic E-state index is 0.489. The van der Waals surface area contributed by atoms with Crippen molar-refractivity contribution in [2.75, 3.05) is 12.3 Å². The van der Waals surface area contributed by atoms with Crippen LogP contribution in [0, 0.1) is 0 Å². The molecular weight excluding hydrogens is 250 g/mol. The van der Waals surface area contributed by atoms with E-state index in [-0.39, 0.29) is 0 Å². The van der Waals surface area contributed by atoms with Crippen LogP contribution >= 0.6 is 11.8 Å². The summed E-state index contributed by atoms with van der Waals surface area (Å²) in [5, 5.41) is 4.37. The molecular formula is C17H29NS. The van der Waals surface area contributed by atoms with E-state index in [0.717, 1.165) is 12.3 Å². The largest absolute Gasteiger partial charge is 0.309 e. The lowest BCUT2D eigenvalue weighted by Gasteiger charge is -2.20. The van der Waals surface area contributed by atoms with Crippen molar-refractivity contribution < 1.29 is 0 Å². The SMILES string of the molecule is CCCNC(CSC(C)C)c1ccc(CCC)cc1. The van der Waals surface area contributed by atoms with E-state index in [0.29, 0.717) is 11.3 Å². The highest BCUT2D eigenvalue weighted by Gasteiger charge is 2.11. The second-order valence-corrected chi connectivity index (χ2v) is 6.99. The molecule has 1 aromatic carbocycles. The molecule has 0 saturated heterocycles. The molecule has 0 aliphatic heterocycles. The summed E-state index contributed by atoms with van der Waals surface area (Å²) in [6, 6.07) is 9.68. The summed E-state index contributed by atoms with van der Waals surface area (Å²) < 4.78 is 0. The van der Waals surface area contributed by atoms with Crippen LogP contribution in [-0.2, 0) is 6.42 Å². The fourth-order valence-electron chi connectivity index (χ4n) is 2.09. The zero-order valence-electron chi connectivity index (χ0n) is 12.9. The number of nitrogens with one attached hydrogen (secondary N) is 1. The Hall–Kier alpha value is -0.470. The van der Waals surface area contributed by atoms with E-state index >= 15 is 0 Å². The van der Waals surface area contributed by atoms with E-state index in [2.05, 4.69) is 57.3 Å². The zero-order valence-corrected chi connectivity index (χ0v) is 13.7. The molecule has 19 heavy (non-hydrogen) atoms. The summed E-state index contributed by atoms with van der Waals surface area (Å²) in [4.78, 5) is 0. The number of aryl methyl sites for hydroxylation is 1. The predicted octanol–water partition coefficient (Wildman–Crippen LogP) is 4.82. The highest BCUT2D eigenvalue weighted by molar-refractivity contribution is 7.99. The van der Waals surface area contributed by atoms with Crippen molar-refractivity contribution in [3.05, 3.63) is 35.4 Å². The quantitative estimate of drug-likeness (QED) is 0.695. The molecule has 0 aliphatic rings. The third kappa shape index (κ3) is 6.49. The van der Waals surface area contributed by atoms with E-state index < -0.39 is 0 Å². The topological polar surface area (TPSA) is 12.0 Å². The molecule has 0 spiro atoms. The van der Waals surface area contributed by atoms with Gasteiger partial charge >= 0.3 is 0 Å². The van der Waals surface area contributed by atoms with Gasteiger partial charge in [-0.3, -0.25) is 0 Å². The van der Waals surface area contributed by atoms with Gasteiger partial charge in [0.25, 0.3) is 0 Å². The zero-order chi connectivity index (χ0) is 14.1. The molecule has 0 saturated carbocycles. The molecule has 0 fully saturated rings. The minimum atomic E-state index is 0.489. The number of hydrogen-bond donors (Lipinski definition) is 1. The van der Waals surface area contributed by atoms with Gasteiger partial charge in [0.05, 0.1) is 0 Å². The fourth-order valence-corrected chi connectivity index (χ4v) is 2.97. The Bertz CT molecular complexity index is 332. The molecule has 1 unspecified atom stereocenters. The van der Waals surface area contributed by atoms with Gasteiger partial charge in [0, 0.05) is 11.8 Å². The van der Waals surface area contributed by atoms with Gasteiger partial charge in [-0.2, -0.15) is 11.8 Å². The van der Waals surface area contributed by atoms with Crippen molar-refractivity contribution >= 4 is 11.8 Å². The molecule has 1 aromatic rings. The number of thioether (sulfide) groups is 1. The Morgan fingerprint density at radius 3 is 2.26 bits per heavy atom. The van der Waals surface area contributed by atoms with Crippen LogP contribution in [0.15, 0.2) is 24.3 Å². The average Bonchev–Trinajstić information content (AvgIpc) is 2.40. The van der Waals surface area contributed by atoms with Crippen LogP contribution in [0.4, 0.5) is 0 Å². The lowest BCUT2D eigenvalue weighted by molar-refractivity contribution is 0.577. The first kappa shape index (κ1) is 16.6. The normalized spacial score (nSPS) is 12.9. The fraction of sp³-hybridized carbons (Fsp3) is 0.647.